The fraction of sp³-hybridized carbons (Fsp3) is 0.200. The minimum absolute atomic E-state index is 0.415. The van der Waals surface area contributed by atoms with Crippen LogP contribution in [0.4, 0.5) is 18.9 Å². The molecular formula is C15H14F3NO2. The van der Waals surface area contributed by atoms with Gasteiger partial charge in [0.1, 0.15) is 5.75 Å². The highest BCUT2D eigenvalue weighted by molar-refractivity contribution is 5.48. The van der Waals surface area contributed by atoms with E-state index in [0.29, 0.717) is 18.0 Å². The van der Waals surface area contributed by atoms with Crippen LogP contribution in [-0.4, -0.2) is 13.7 Å². The van der Waals surface area contributed by atoms with Gasteiger partial charge >= 0.3 is 6.61 Å². The standard InChI is InChI=1S/C15H14F3NO2/c1-20-13-5-3-2-4-10(13)9-19-11-6-7-14(12(16)8-11)21-15(17)18/h2-8,15,19H,9H2,1H3. The van der Waals surface area contributed by atoms with Gasteiger partial charge in [-0.05, 0) is 18.2 Å². The summed E-state index contributed by atoms with van der Waals surface area (Å²) in [4.78, 5) is 0. The van der Waals surface area contributed by atoms with Gasteiger partial charge in [0.15, 0.2) is 11.6 Å². The summed E-state index contributed by atoms with van der Waals surface area (Å²) in [5.41, 5.74) is 1.35. The number of para-hydroxylation sites is 1. The van der Waals surface area contributed by atoms with E-state index in [4.69, 9.17) is 4.74 Å². The molecule has 0 unspecified atom stereocenters. The third-order valence-corrected chi connectivity index (χ3v) is 2.82. The Morgan fingerprint density at radius 2 is 1.86 bits per heavy atom. The lowest BCUT2D eigenvalue weighted by Gasteiger charge is -2.11. The van der Waals surface area contributed by atoms with Crippen LogP contribution in [-0.2, 0) is 6.54 Å². The molecule has 2 rings (SSSR count). The molecule has 0 radical (unpaired) electrons. The second-order valence-electron chi connectivity index (χ2n) is 4.19. The quantitative estimate of drug-likeness (QED) is 0.872. The lowest BCUT2D eigenvalue weighted by atomic mass is 10.2. The Balaban J connectivity index is 2.05. The van der Waals surface area contributed by atoms with Gasteiger partial charge < -0.3 is 14.8 Å². The second kappa shape index (κ2) is 6.88. The van der Waals surface area contributed by atoms with Crippen molar-refractivity contribution in [2.75, 3.05) is 12.4 Å². The van der Waals surface area contributed by atoms with Crippen molar-refractivity contribution in [1.29, 1.82) is 0 Å². The molecule has 0 heterocycles. The van der Waals surface area contributed by atoms with Gasteiger partial charge in [-0.1, -0.05) is 18.2 Å². The van der Waals surface area contributed by atoms with Crippen molar-refractivity contribution < 1.29 is 22.6 Å². The Kier molecular flexibility index (Phi) is 4.92. The first-order valence-corrected chi connectivity index (χ1v) is 6.20. The Morgan fingerprint density at radius 3 is 2.52 bits per heavy atom. The topological polar surface area (TPSA) is 30.5 Å². The van der Waals surface area contributed by atoms with E-state index in [1.54, 1.807) is 7.11 Å². The molecule has 0 amide bonds. The summed E-state index contributed by atoms with van der Waals surface area (Å²) in [7, 11) is 1.56. The Labute approximate surface area is 120 Å². The Bertz CT molecular complexity index is 605. The van der Waals surface area contributed by atoms with E-state index in [0.717, 1.165) is 17.7 Å². The summed E-state index contributed by atoms with van der Waals surface area (Å²) in [6.07, 6.45) is 0. The third-order valence-electron chi connectivity index (χ3n) is 2.82. The lowest BCUT2D eigenvalue weighted by molar-refractivity contribution is -0.0521. The van der Waals surface area contributed by atoms with Gasteiger partial charge in [0, 0.05) is 23.9 Å². The van der Waals surface area contributed by atoms with E-state index < -0.39 is 18.2 Å². The Hall–Kier alpha value is -2.37. The van der Waals surface area contributed by atoms with Crippen LogP contribution in [0.15, 0.2) is 42.5 Å². The number of halogens is 3. The van der Waals surface area contributed by atoms with Crippen molar-refractivity contribution in [2.24, 2.45) is 0 Å². The van der Waals surface area contributed by atoms with Crippen LogP contribution in [0.2, 0.25) is 0 Å². The highest BCUT2D eigenvalue weighted by Gasteiger charge is 2.10. The highest BCUT2D eigenvalue weighted by Crippen LogP contribution is 2.24. The molecule has 1 N–H and O–H groups in total. The second-order valence-corrected chi connectivity index (χ2v) is 4.19. The van der Waals surface area contributed by atoms with E-state index >= 15 is 0 Å². The zero-order chi connectivity index (χ0) is 15.2. The van der Waals surface area contributed by atoms with Crippen LogP contribution in [0.5, 0.6) is 11.5 Å². The summed E-state index contributed by atoms with van der Waals surface area (Å²) in [6, 6.07) is 11.1. The molecule has 2 aromatic rings. The average Bonchev–Trinajstić information content (AvgIpc) is 2.47. The number of benzene rings is 2. The van der Waals surface area contributed by atoms with Gasteiger partial charge in [0.25, 0.3) is 0 Å². The van der Waals surface area contributed by atoms with Gasteiger partial charge in [-0.3, -0.25) is 0 Å². The molecule has 112 valence electrons. The fourth-order valence-electron chi connectivity index (χ4n) is 1.85. The molecule has 0 bridgehead atoms. The third kappa shape index (κ3) is 4.05. The smallest absolute Gasteiger partial charge is 0.387 e. The molecule has 0 atom stereocenters. The molecule has 0 saturated heterocycles. The van der Waals surface area contributed by atoms with Crippen LogP contribution in [0.3, 0.4) is 0 Å². The van der Waals surface area contributed by atoms with Crippen LogP contribution in [0.25, 0.3) is 0 Å². The predicted octanol–water partition coefficient (Wildman–Crippen LogP) is 4.05. The van der Waals surface area contributed by atoms with Crippen LogP contribution in [0.1, 0.15) is 5.56 Å². The summed E-state index contributed by atoms with van der Waals surface area (Å²) in [6.45, 7) is -2.63. The summed E-state index contributed by atoms with van der Waals surface area (Å²) in [5, 5.41) is 2.99. The van der Waals surface area contributed by atoms with E-state index in [-0.39, 0.29) is 0 Å². The first-order valence-electron chi connectivity index (χ1n) is 6.20. The maximum atomic E-state index is 13.6. The van der Waals surface area contributed by atoms with Crippen LogP contribution >= 0.6 is 0 Å². The van der Waals surface area contributed by atoms with Crippen LogP contribution in [0, 0.1) is 5.82 Å². The summed E-state index contributed by atoms with van der Waals surface area (Å²) in [5.74, 6) is -0.615. The van der Waals surface area contributed by atoms with E-state index in [2.05, 4.69) is 10.1 Å². The number of alkyl halides is 2. The van der Waals surface area contributed by atoms with E-state index in [1.807, 2.05) is 24.3 Å². The molecular weight excluding hydrogens is 283 g/mol. The minimum atomic E-state index is -3.05. The zero-order valence-electron chi connectivity index (χ0n) is 11.3. The van der Waals surface area contributed by atoms with Crippen molar-refractivity contribution in [1.82, 2.24) is 0 Å². The fourth-order valence-corrected chi connectivity index (χ4v) is 1.85. The summed E-state index contributed by atoms with van der Waals surface area (Å²) >= 11 is 0. The van der Waals surface area contributed by atoms with Gasteiger partial charge in [-0.2, -0.15) is 8.78 Å². The minimum Gasteiger partial charge on any atom is -0.496 e. The lowest BCUT2D eigenvalue weighted by Crippen LogP contribution is -2.05. The SMILES string of the molecule is COc1ccccc1CNc1ccc(OC(F)F)c(F)c1. The van der Waals surface area contributed by atoms with Crippen molar-refractivity contribution >= 4 is 5.69 Å². The molecule has 3 nitrogen and oxygen atoms in total. The van der Waals surface area contributed by atoms with E-state index in [1.165, 1.54) is 6.07 Å². The zero-order valence-corrected chi connectivity index (χ0v) is 11.3. The maximum absolute atomic E-state index is 13.6. The molecule has 6 heteroatoms. The number of ether oxygens (including phenoxy) is 2. The first-order chi connectivity index (χ1) is 10.1. The van der Waals surface area contributed by atoms with Crippen LogP contribution < -0.4 is 14.8 Å². The number of methoxy groups -OCH3 is 1. The normalized spacial score (nSPS) is 10.5. The largest absolute Gasteiger partial charge is 0.496 e. The Morgan fingerprint density at radius 1 is 1.10 bits per heavy atom. The molecule has 0 aliphatic carbocycles. The van der Waals surface area contributed by atoms with Gasteiger partial charge in [-0.25, -0.2) is 4.39 Å². The molecule has 0 spiro atoms. The molecule has 0 aromatic heterocycles. The monoisotopic (exact) mass is 297 g/mol. The average molecular weight is 297 g/mol. The number of hydrogen-bond acceptors (Lipinski definition) is 3. The molecule has 0 fully saturated rings. The molecule has 0 aliphatic rings. The number of rotatable bonds is 6. The number of hydrogen-bond donors (Lipinski definition) is 1. The van der Waals surface area contributed by atoms with Crippen molar-refractivity contribution in [2.45, 2.75) is 13.2 Å². The van der Waals surface area contributed by atoms with Crippen molar-refractivity contribution in [3.63, 3.8) is 0 Å². The van der Waals surface area contributed by atoms with E-state index in [9.17, 15) is 13.2 Å². The molecule has 0 saturated carbocycles. The van der Waals surface area contributed by atoms with Crippen molar-refractivity contribution in [3.05, 3.63) is 53.8 Å². The highest BCUT2D eigenvalue weighted by atomic mass is 19.3. The van der Waals surface area contributed by atoms with Gasteiger partial charge in [0.05, 0.1) is 7.11 Å². The number of anilines is 1. The molecule has 21 heavy (non-hydrogen) atoms. The van der Waals surface area contributed by atoms with Gasteiger partial charge in [-0.15, -0.1) is 0 Å². The maximum Gasteiger partial charge on any atom is 0.387 e. The molecule has 2 aromatic carbocycles. The predicted molar refractivity (Wildman–Crippen MR) is 73.4 cm³/mol. The first kappa shape index (κ1) is 15.0. The van der Waals surface area contributed by atoms with Gasteiger partial charge in [0.2, 0.25) is 0 Å². The summed E-state index contributed by atoms with van der Waals surface area (Å²) < 4.78 is 46.9. The number of nitrogens with one attached hydrogen (secondary N) is 1. The molecule has 0 aliphatic heterocycles. The van der Waals surface area contributed by atoms with Crippen molar-refractivity contribution in [3.8, 4) is 11.5 Å².